The second-order valence-electron chi connectivity index (χ2n) is 7.28. The van der Waals surface area contributed by atoms with Crippen LogP contribution in [0.4, 0.5) is 0 Å². The zero-order valence-electron chi connectivity index (χ0n) is 16.7. The predicted octanol–water partition coefficient (Wildman–Crippen LogP) is 5.71. The smallest absolute Gasteiger partial charge is 0.214 e. The summed E-state index contributed by atoms with van der Waals surface area (Å²) in [5.74, 6) is 2.24. The molecule has 3 aromatic rings. The monoisotopic (exact) mass is 464 g/mol. The van der Waals surface area contributed by atoms with E-state index in [-0.39, 0.29) is 12.3 Å². The van der Waals surface area contributed by atoms with Crippen LogP contribution in [0.2, 0.25) is 0 Å². The molecule has 6 heteroatoms. The van der Waals surface area contributed by atoms with Crippen LogP contribution < -0.4 is 14.2 Å². The maximum atomic E-state index is 6.45. The molecule has 0 fully saturated rings. The van der Waals surface area contributed by atoms with Crippen LogP contribution in [-0.2, 0) is 0 Å². The van der Waals surface area contributed by atoms with Crippen molar-refractivity contribution < 1.29 is 14.2 Å². The number of hydrogen-bond acceptors (Lipinski definition) is 5. The predicted molar refractivity (Wildman–Crippen MR) is 119 cm³/mol. The highest BCUT2D eigenvalue weighted by Crippen LogP contribution is 2.48. The topological polar surface area (TPSA) is 43.3 Å². The molecule has 0 saturated heterocycles. The first-order valence-electron chi connectivity index (χ1n) is 9.77. The van der Waals surface area contributed by atoms with Gasteiger partial charge in [-0.05, 0) is 42.0 Å². The van der Waals surface area contributed by atoms with Crippen LogP contribution in [-0.4, -0.2) is 24.9 Å². The summed E-state index contributed by atoms with van der Waals surface area (Å²) in [6, 6.07) is 22.4. The Balaban J connectivity index is 1.60. The summed E-state index contributed by atoms with van der Waals surface area (Å²) in [6.07, 6.45) is 0.463. The molecule has 5 rings (SSSR count). The molecule has 2 atom stereocenters. The third kappa shape index (κ3) is 3.21. The third-order valence-corrected chi connectivity index (χ3v) is 6.04. The van der Waals surface area contributed by atoms with Crippen molar-refractivity contribution in [2.45, 2.75) is 18.7 Å². The molecule has 2 aliphatic rings. The second-order valence-corrected chi connectivity index (χ2v) is 8.20. The molecule has 0 saturated carbocycles. The largest absolute Gasteiger partial charge is 0.493 e. The summed E-state index contributed by atoms with van der Waals surface area (Å²) in [5, 5.41) is 7.07. The van der Waals surface area contributed by atoms with Gasteiger partial charge in [0.2, 0.25) is 6.23 Å². The molecule has 152 valence electrons. The van der Waals surface area contributed by atoms with Crippen LogP contribution in [0.25, 0.3) is 0 Å². The fraction of sp³-hybridized carbons (Fsp3) is 0.208. The van der Waals surface area contributed by atoms with Crippen molar-refractivity contribution in [2.75, 3.05) is 14.2 Å². The first kappa shape index (κ1) is 19.0. The molecule has 5 nitrogen and oxygen atoms in total. The molecule has 0 unspecified atom stereocenters. The van der Waals surface area contributed by atoms with E-state index in [4.69, 9.17) is 19.3 Å². The third-order valence-electron chi connectivity index (χ3n) is 5.55. The van der Waals surface area contributed by atoms with Gasteiger partial charge in [0.15, 0.2) is 11.5 Å². The van der Waals surface area contributed by atoms with E-state index >= 15 is 0 Å². The minimum atomic E-state index is -0.357. The van der Waals surface area contributed by atoms with Gasteiger partial charge in [0, 0.05) is 22.0 Å². The van der Waals surface area contributed by atoms with Crippen LogP contribution in [0.5, 0.6) is 17.2 Å². The number of nitrogens with zero attached hydrogens (tertiary/aromatic N) is 2. The summed E-state index contributed by atoms with van der Waals surface area (Å²) in [4.78, 5) is 0. The molecule has 0 radical (unpaired) electrons. The van der Waals surface area contributed by atoms with Crippen molar-refractivity contribution >= 4 is 21.6 Å². The van der Waals surface area contributed by atoms with Crippen LogP contribution in [0.3, 0.4) is 0 Å². The van der Waals surface area contributed by atoms with E-state index in [1.165, 1.54) is 0 Å². The Kier molecular flexibility index (Phi) is 4.87. The molecule has 2 heterocycles. The van der Waals surface area contributed by atoms with Gasteiger partial charge in [-0.25, -0.2) is 5.01 Å². The van der Waals surface area contributed by atoms with E-state index in [1.54, 1.807) is 14.2 Å². The lowest BCUT2D eigenvalue weighted by molar-refractivity contribution is -0.0192. The normalized spacial score (nSPS) is 19.4. The highest BCUT2D eigenvalue weighted by atomic mass is 79.9. The molecule has 3 aromatic carbocycles. The summed E-state index contributed by atoms with van der Waals surface area (Å²) in [6.45, 7) is 0. The van der Waals surface area contributed by atoms with Gasteiger partial charge in [-0.1, -0.05) is 46.3 Å². The Morgan fingerprint density at radius 3 is 2.53 bits per heavy atom. The molecule has 0 spiro atoms. The van der Waals surface area contributed by atoms with Crippen molar-refractivity contribution in [3.8, 4) is 17.2 Å². The molecular weight excluding hydrogens is 444 g/mol. The number of hydrazone groups is 1. The molecule has 0 aliphatic carbocycles. The summed E-state index contributed by atoms with van der Waals surface area (Å²) < 4.78 is 18.4. The molecule has 30 heavy (non-hydrogen) atoms. The Bertz CT molecular complexity index is 1120. The summed E-state index contributed by atoms with van der Waals surface area (Å²) in [5.41, 5.74) is 4.29. The van der Waals surface area contributed by atoms with E-state index in [9.17, 15) is 0 Å². The van der Waals surface area contributed by atoms with Gasteiger partial charge in [0.05, 0.1) is 26.0 Å². The Morgan fingerprint density at radius 1 is 0.967 bits per heavy atom. The number of hydrogen-bond donors (Lipinski definition) is 0. The highest BCUT2D eigenvalue weighted by Gasteiger charge is 2.41. The lowest BCUT2D eigenvalue weighted by Crippen LogP contribution is -2.33. The van der Waals surface area contributed by atoms with Gasteiger partial charge in [0.1, 0.15) is 5.75 Å². The van der Waals surface area contributed by atoms with Gasteiger partial charge < -0.3 is 14.2 Å². The standard InChI is InChI=1S/C24H21BrN2O3/c1-28-22-10-8-16(12-23(22)29-2)24-27-20(18-13-17(25)9-11-21(18)30-24)14-19(26-27)15-6-4-3-5-7-15/h3-13,20,24H,14H2,1-2H3/t20-,24+/m0/s1. The van der Waals surface area contributed by atoms with Gasteiger partial charge in [-0.2, -0.15) is 5.10 Å². The van der Waals surface area contributed by atoms with Crippen LogP contribution >= 0.6 is 15.9 Å². The van der Waals surface area contributed by atoms with Gasteiger partial charge in [-0.15, -0.1) is 0 Å². The molecule has 0 bridgehead atoms. The summed E-state index contributed by atoms with van der Waals surface area (Å²) >= 11 is 3.60. The average molecular weight is 465 g/mol. The molecule has 0 aromatic heterocycles. The number of benzene rings is 3. The summed E-state index contributed by atoms with van der Waals surface area (Å²) in [7, 11) is 3.27. The SMILES string of the molecule is COc1ccc([C@H]2Oc3ccc(Br)cc3[C@@H]3CC(c4ccccc4)=NN23)cc1OC. The zero-order valence-corrected chi connectivity index (χ0v) is 18.3. The second kappa shape index (κ2) is 7.69. The van der Waals surface area contributed by atoms with Crippen LogP contribution in [0.1, 0.15) is 35.4 Å². The van der Waals surface area contributed by atoms with E-state index in [2.05, 4.69) is 39.1 Å². The first-order chi connectivity index (χ1) is 14.7. The van der Waals surface area contributed by atoms with Gasteiger partial charge in [0.25, 0.3) is 0 Å². The number of methoxy groups -OCH3 is 2. The van der Waals surface area contributed by atoms with Crippen molar-refractivity contribution in [1.29, 1.82) is 0 Å². The molecule has 0 N–H and O–H groups in total. The van der Waals surface area contributed by atoms with E-state index < -0.39 is 0 Å². The first-order valence-corrected chi connectivity index (χ1v) is 10.6. The highest BCUT2D eigenvalue weighted by molar-refractivity contribution is 9.10. The lowest BCUT2D eigenvalue weighted by Gasteiger charge is -2.38. The number of halogens is 1. The molecular formula is C24H21BrN2O3. The maximum Gasteiger partial charge on any atom is 0.214 e. The van der Waals surface area contributed by atoms with E-state index in [1.807, 2.05) is 48.5 Å². The number of rotatable bonds is 4. The number of fused-ring (bicyclic) bond motifs is 3. The molecule has 2 aliphatic heterocycles. The van der Waals surface area contributed by atoms with Gasteiger partial charge >= 0.3 is 0 Å². The minimum absolute atomic E-state index is 0.0968. The van der Waals surface area contributed by atoms with Gasteiger partial charge in [-0.3, -0.25) is 0 Å². The Morgan fingerprint density at radius 2 is 1.77 bits per heavy atom. The zero-order chi connectivity index (χ0) is 20.7. The van der Waals surface area contributed by atoms with Crippen LogP contribution in [0, 0.1) is 0 Å². The number of ether oxygens (including phenoxy) is 3. The van der Waals surface area contributed by atoms with Crippen molar-refractivity contribution in [3.05, 3.63) is 87.9 Å². The van der Waals surface area contributed by atoms with Crippen LogP contribution in [0.15, 0.2) is 76.3 Å². The maximum absolute atomic E-state index is 6.45. The van der Waals surface area contributed by atoms with Crippen molar-refractivity contribution in [2.24, 2.45) is 5.10 Å². The van der Waals surface area contributed by atoms with E-state index in [0.717, 1.165) is 39.0 Å². The fourth-order valence-corrected chi connectivity index (χ4v) is 4.47. The van der Waals surface area contributed by atoms with E-state index in [0.29, 0.717) is 11.5 Å². The molecule has 0 amide bonds. The lowest BCUT2D eigenvalue weighted by atomic mass is 9.96. The fourth-order valence-electron chi connectivity index (χ4n) is 4.09. The Labute approximate surface area is 184 Å². The average Bonchev–Trinajstić information content (AvgIpc) is 3.24. The van der Waals surface area contributed by atoms with Crippen molar-refractivity contribution in [3.63, 3.8) is 0 Å². The Hall–Kier alpha value is -2.99. The quantitative estimate of drug-likeness (QED) is 0.495. The minimum Gasteiger partial charge on any atom is -0.493 e. The van der Waals surface area contributed by atoms with Crippen molar-refractivity contribution in [1.82, 2.24) is 5.01 Å².